The smallest absolute Gasteiger partial charge is 0.346 e. The van der Waals surface area contributed by atoms with E-state index < -0.39 is 5.97 Å². The molecule has 0 atom stereocenters. The van der Waals surface area contributed by atoms with E-state index in [2.05, 4.69) is 6.92 Å². The molecular formula is C14H15NO2. The van der Waals surface area contributed by atoms with E-state index in [1.807, 2.05) is 24.3 Å². The minimum Gasteiger partial charge on any atom is -0.477 e. The van der Waals surface area contributed by atoms with Crippen molar-refractivity contribution in [3.05, 3.63) is 41.0 Å². The fourth-order valence-electron chi connectivity index (χ4n) is 1.47. The van der Waals surface area contributed by atoms with E-state index in [-0.39, 0.29) is 5.57 Å². The second kappa shape index (κ2) is 6.49. The number of unbranched alkanes of at least 4 members (excludes halogenated alkanes) is 1. The monoisotopic (exact) mass is 229 g/mol. The normalized spacial score (nSPS) is 10.9. The Morgan fingerprint density at radius 2 is 2.06 bits per heavy atom. The van der Waals surface area contributed by atoms with Crippen molar-refractivity contribution < 1.29 is 9.90 Å². The third-order valence-electron chi connectivity index (χ3n) is 2.46. The van der Waals surface area contributed by atoms with E-state index in [1.165, 1.54) is 11.6 Å². The van der Waals surface area contributed by atoms with Gasteiger partial charge < -0.3 is 5.11 Å². The van der Waals surface area contributed by atoms with Gasteiger partial charge in [0.15, 0.2) is 0 Å². The first-order valence-corrected chi connectivity index (χ1v) is 5.61. The van der Waals surface area contributed by atoms with Crippen molar-refractivity contribution in [3.8, 4) is 6.07 Å². The number of nitrogens with zero attached hydrogens (tertiary/aromatic N) is 1. The molecule has 1 N–H and O–H groups in total. The molecule has 0 saturated heterocycles. The molecule has 0 aliphatic rings. The van der Waals surface area contributed by atoms with Crippen LogP contribution in [0.4, 0.5) is 0 Å². The largest absolute Gasteiger partial charge is 0.477 e. The lowest BCUT2D eigenvalue weighted by atomic mass is 10.1. The predicted octanol–water partition coefficient (Wildman–Crippen LogP) is 3.02. The van der Waals surface area contributed by atoms with Crippen LogP contribution in [0.15, 0.2) is 29.8 Å². The summed E-state index contributed by atoms with van der Waals surface area (Å²) in [4.78, 5) is 10.7. The van der Waals surface area contributed by atoms with Crippen LogP contribution in [0.2, 0.25) is 0 Å². The molecule has 0 aliphatic carbocycles. The lowest BCUT2D eigenvalue weighted by Gasteiger charge is -2.00. The second-order valence-corrected chi connectivity index (χ2v) is 3.82. The molecule has 1 aromatic rings. The molecule has 0 amide bonds. The molecule has 1 aromatic carbocycles. The van der Waals surface area contributed by atoms with Crippen LogP contribution in [0.25, 0.3) is 6.08 Å². The highest BCUT2D eigenvalue weighted by Gasteiger charge is 2.05. The zero-order chi connectivity index (χ0) is 12.7. The summed E-state index contributed by atoms with van der Waals surface area (Å²) in [7, 11) is 0. The van der Waals surface area contributed by atoms with Gasteiger partial charge in [0.2, 0.25) is 0 Å². The molecule has 3 heteroatoms. The molecule has 0 radical (unpaired) electrons. The van der Waals surface area contributed by atoms with Gasteiger partial charge in [0.1, 0.15) is 11.6 Å². The first-order chi connectivity index (χ1) is 8.17. The Labute approximate surface area is 101 Å². The highest BCUT2D eigenvalue weighted by Crippen LogP contribution is 2.11. The number of carboxylic acids is 1. The minimum absolute atomic E-state index is 0.244. The van der Waals surface area contributed by atoms with Crippen molar-refractivity contribution in [2.45, 2.75) is 26.2 Å². The van der Waals surface area contributed by atoms with Crippen LogP contribution in [0.1, 0.15) is 30.9 Å². The summed E-state index contributed by atoms with van der Waals surface area (Å²) in [6.45, 7) is 2.14. The number of aryl methyl sites for hydroxylation is 1. The van der Waals surface area contributed by atoms with E-state index in [0.29, 0.717) is 0 Å². The van der Waals surface area contributed by atoms with Crippen LogP contribution in [-0.2, 0) is 11.2 Å². The Morgan fingerprint density at radius 1 is 1.41 bits per heavy atom. The Morgan fingerprint density at radius 3 is 2.53 bits per heavy atom. The lowest BCUT2D eigenvalue weighted by molar-refractivity contribution is -0.132. The standard InChI is InChI=1S/C14H15NO2/c1-2-3-4-11-5-7-12(8-6-11)9-13(10-15)14(16)17/h5-9H,2-4H2,1H3,(H,16,17)/b13-9-. The van der Waals surface area contributed by atoms with Gasteiger partial charge in [0, 0.05) is 0 Å². The molecule has 0 aliphatic heterocycles. The van der Waals surface area contributed by atoms with Gasteiger partial charge in [0.25, 0.3) is 0 Å². The number of hydrogen-bond acceptors (Lipinski definition) is 2. The van der Waals surface area contributed by atoms with Crippen LogP contribution in [0, 0.1) is 11.3 Å². The van der Waals surface area contributed by atoms with Crippen molar-refractivity contribution in [2.75, 3.05) is 0 Å². The van der Waals surface area contributed by atoms with Crippen molar-refractivity contribution >= 4 is 12.0 Å². The van der Waals surface area contributed by atoms with Gasteiger partial charge in [-0.25, -0.2) is 4.79 Å². The fraction of sp³-hybridized carbons (Fsp3) is 0.286. The summed E-state index contributed by atoms with van der Waals surface area (Å²) in [5, 5.41) is 17.3. The van der Waals surface area contributed by atoms with Crippen molar-refractivity contribution in [3.63, 3.8) is 0 Å². The Kier molecular flexibility index (Phi) is 4.96. The molecule has 88 valence electrons. The molecule has 0 aromatic heterocycles. The lowest BCUT2D eigenvalue weighted by Crippen LogP contribution is -1.97. The number of benzene rings is 1. The maximum Gasteiger partial charge on any atom is 0.346 e. The van der Waals surface area contributed by atoms with E-state index in [9.17, 15) is 4.79 Å². The van der Waals surface area contributed by atoms with Gasteiger partial charge in [-0.2, -0.15) is 5.26 Å². The van der Waals surface area contributed by atoms with Crippen molar-refractivity contribution in [1.82, 2.24) is 0 Å². The summed E-state index contributed by atoms with van der Waals surface area (Å²) < 4.78 is 0. The SMILES string of the molecule is CCCCc1ccc(/C=C(/C#N)C(=O)O)cc1. The zero-order valence-corrected chi connectivity index (χ0v) is 9.81. The molecule has 0 bridgehead atoms. The second-order valence-electron chi connectivity index (χ2n) is 3.82. The van der Waals surface area contributed by atoms with Crippen LogP contribution < -0.4 is 0 Å². The maximum absolute atomic E-state index is 10.7. The van der Waals surface area contributed by atoms with Gasteiger partial charge in [-0.1, -0.05) is 37.6 Å². The molecular weight excluding hydrogens is 214 g/mol. The van der Waals surface area contributed by atoms with E-state index >= 15 is 0 Å². The van der Waals surface area contributed by atoms with E-state index in [1.54, 1.807) is 6.07 Å². The Balaban J connectivity index is 2.81. The number of carboxylic acid groups (broad SMARTS) is 1. The number of carbonyl (C=O) groups is 1. The van der Waals surface area contributed by atoms with Crippen LogP contribution in [0.5, 0.6) is 0 Å². The molecule has 0 spiro atoms. The highest BCUT2D eigenvalue weighted by atomic mass is 16.4. The van der Waals surface area contributed by atoms with Crippen LogP contribution in [0.3, 0.4) is 0 Å². The molecule has 0 saturated carbocycles. The summed E-state index contributed by atoms with van der Waals surface area (Å²) >= 11 is 0. The number of aliphatic carboxylic acids is 1. The summed E-state index contributed by atoms with van der Waals surface area (Å²) in [6.07, 6.45) is 4.71. The first-order valence-electron chi connectivity index (χ1n) is 5.61. The summed E-state index contributed by atoms with van der Waals surface area (Å²) in [6, 6.07) is 9.28. The highest BCUT2D eigenvalue weighted by molar-refractivity contribution is 5.96. The summed E-state index contributed by atoms with van der Waals surface area (Å²) in [5.74, 6) is -1.19. The topological polar surface area (TPSA) is 61.1 Å². The minimum atomic E-state index is -1.19. The van der Waals surface area contributed by atoms with E-state index in [0.717, 1.165) is 24.8 Å². The molecule has 17 heavy (non-hydrogen) atoms. The van der Waals surface area contributed by atoms with Gasteiger partial charge >= 0.3 is 5.97 Å². The molecule has 0 unspecified atom stereocenters. The Hall–Kier alpha value is -2.08. The molecule has 0 heterocycles. The van der Waals surface area contributed by atoms with E-state index in [4.69, 9.17) is 10.4 Å². The fourth-order valence-corrected chi connectivity index (χ4v) is 1.47. The van der Waals surface area contributed by atoms with Gasteiger partial charge in [0.05, 0.1) is 0 Å². The van der Waals surface area contributed by atoms with Crippen molar-refractivity contribution in [2.24, 2.45) is 0 Å². The van der Waals surface area contributed by atoms with Crippen LogP contribution in [-0.4, -0.2) is 11.1 Å². The quantitative estimate of drug-likeness (QED) is 0.623. The molecule has 1 rings (SSSR count). The van der Waals surface area contributed by atoms with Crippen molar-refractivity contribution in [1.29, 1.82) is 5.26 Å². The first kappa shape index (κ1) is 13.0. The van der Waals surface area contributed by atoms with Gasteiger partial charge in [-0.05, 0) is 30.0 Å². The Bertz CT molecular complexity index is 452. The maximum atomic E-state index is 10.7. The molecule has 0 fully saturated rings. The number of rotatable bonds is 5. The van der Waals surface area contributed by atoms with Gasteiger partial charge in [-0.3, -0.25) is 0 Å². The van der Waals surface area contributed by atoms with Gasteiger partial charge in [-0.15, -0.1) is 0 Å². The third kappa shape index (κ3) is 4.12. The molecule has 3 nitrogen and oxygen atoms in total. The number of hydrogen-bond donors (Lipinski definition) is 1. The zero-order valence-electron chi connectivity index (χ0n) is 9.81. The average Bonchev–Trinajstić information content (AvgIpc) is 2.34. The third-order valence-corrected chi connectivity index (χ3v) is 2.46. The average molecular weight is 229 g/mol. The summed E-state index contributed by atoms with van der Waals surface area (Å²) in [5.41, 5.74) is 1.73. The number of nitriles is 1. The van der Waals surface area contributed by atoms with Crippen LogP contribution >= 0.6 is 0 Å². The predicted molar refractivity (Wildman–Crippen MR) is 66.3 cm³/mol.